The standard InChI is InChI=1S/C14H18N4S/c1-10-5-4-6-11(7-10)9-16-13-8-12(15-2)17-14(18-13)19-3/h4-8H,9H2,1-3H3,(H2,15,16,17,18). The van der Waals surface area contributed by atoms with E-state index in [0.717, 1.165) is 23.3 Å². The number of anilines is 2. The Hall–Kier alpha value is -1.75. The van der Waals surface area contributed by atoms with Gasteiger partial charge in [0, 0.05) is 19.7 Å². The fraction of sp³-hybridized carbons (Fsp3) is 0.286. The van der Waals surface area contributed by atoms with Gasteiger partial charge in [-0.25, -0.2) is 9.97 Å². The molecule has 0 saturated heterocycles. The van der Waals surface area contributed by atoms with Gasteiger partial charge in [-0.15, -0.1) is 0 Å². The summed E-state index contributed by atoms with van der Waals surface area (Å²) in [5.74, 6) is 1.66. The monoisotopic (exact) mass is 274 g/mol. The van der Waals surface area contributed by atoms with Gasteiger partial charge in [0.25, 0.3) is 0 Å². The Morgan fingerprint density at radius 1 is 1.16 bits per heavy atom. The second-order valence-electron chi connectivity index (χ2n) is 4.22. The van der Waals surface area contributed by atoms with Crippen molar-refractivity contribution in [2.75, 3.05) is 23.9 Å². The van der Waals surface area contributed by atoms with Gasteiger partial charge in [0.15, 0.2) is 5.16 Å². The van der Waals surface area contributed by atoms with E-state index in [-0.39, 0.29) is 0 Å². The minimum atomic E-state index is 0.760. The molecule has 0 bridgehead atoms. The molecule has 2 aromatic rings. The van der Waals surface area contributed by atoms with E-state index in [1.807, 2.05) is 19.4 Å². The number of aryl methyl sites for hydroxylation is 1. The third-order valence-corrected chi connectivity index (χ3v) is 3.25. The molecule has 4 nitrogen and oxygen atoms in total. The molecule has 0 amide bonds. The van der Waals surface area contributed by atoms with Crippen LogP contribution in [-0.2, 0) is 6.54 Å². The lowest BCUT2D eigenvalue weighted by atomic mass is 10.1. The zero-order valence-corrected chi connectivity index (χ0v) is 12.2. The third-order valence-electron chi connectivity index (χ3n) is 2.70. The maximum Gasteiger partial charge on any atom is 0.191 e. The van der Waals surface area contributed by atoms with E-state index in [4.69, 9.17) is 0 Å². The highest BCUT2D eigenvalue weighted by atomic mass is 32.2. The van der Waals surface area contributed by atoms with Crippen LogP contribution >= 0.6 is 11.8 Å². The molecule has 1 heterocycles. The van der Waals surface area contributed by atoms with Crippen molar-refractivity contribution in [3.8, 4) is 0 Å². The maximum absolute atomic E-state index is 4.44. The summed E-state index contributed by atoms with van der Waals surface area (Å²) in [6.45, 7) is 2.86. The fourth-order valence-corrected chi connectivity index (χ4v) is 2.13. The van der Waals surface area contributed by atoms with E-state index in [1.165, 1.54) is 22.9 Å². The van der Waals surface area contributed by atoms with E-state index in [2.05, 4.69) is 51.8 Å². The average Bonchev–Trinajstić information content (AvgIpc) is 2.44. The summed E-state index contributed by atoms with van der Waals surface area (Å²) in [4.78, 5) is 8.78. The Balaban J connectivity index is 2.10. The lowest BCUT2D eigenvalue weighted by Crippen LogP contribution is -2.04. The third kappa shape index (κ3) is 3.86. The maximum atomic E-state index is 4.44. The van der Waals surface area contributed by atoms with Gasteiger partial charge in [0.2, 0.25) is 0 Å². The van der Waals surface area contributed by atoms with Crippen LogP contribution in [0.3, 0.4) is 0 Å². The van der Waals surface area contributed by atoms with E-state index < -0.39 is 0 Å². The van der Waals surface area contributed by atoms with Gasteiger partial charge < -0.3 is 10.6 Å². The molecule has 0 fully saturated rings. The van der Waals surface area contributed by atoms with Crippen LogP contribution in [-0.4, -0.2) is 23.3 Å². The Kier molecular flexibility index (Phi) is 4.63. The second kappa shape index (κ2) is 6.43. The van der Waals surface area contributed by atoms with Crippen molar-refractivity contribution in [3.63, 3.8) is 0 Å². The first-order valence-corrected chi connectivity index (χ1v) is 7.34. The molecule has 0 aliphatic rings. The molecular weight excluding hydrogens is 256 g/mol. The minimum Gasteiger partial charge on any atom is -0.373 e. The summed E-state index contributed by atoms with van der Waals surface area (Å²) in [5, 5.41) is 7.14. The molecule has 1 aromatic carbocycles. The van der Waals surface area contributed by atoms with Crippen LogP contribution in [0.5, 0.6) is 0 Å². The highest BCUT2D eigenvalue weighted by Crippen LogP contribution is 2.17. The highest BCUT2D eigenvalue weighted by molar-refractivity contribution is 7.98. The van der Waals surface area contributed by atoms with E-state index >= 15 is 0 Å². The molecule has 2 rings (SSSR count). The molecule has 1 aromatic heterocycles. The van der Waals surface area contributed by atoms with Crippen molar-refractivity contribution in [1.29, 1.82) is 0 Å². The quantitative estimate of drug-likeness (QED) is 0.648. The van der Waals surface area contributed by atoms with Gasteiger partial charge in [-0.1, -0.05) is 41.6 Å². The Morgan fingerprint density at radius 3 is 2.63 bits per heavy atom. The molecule has 0 spiro atoms. The lowest BCUT2D eigenvalue weighted by Gasteiger charge is -2.09. The van der Waals surface area contributed by atoms with Crippen molar-refractivity contribution >= 4 is 23.4 Å². The summed E-state index contributed by atoms with van der Waals surface area (Å²) in [6.07, 6.45) is 1.97. The van der Waals surface area contributed by atoms with Gasteiger partial charge in [-0.3, -0.25) is 0 Å². The molecule has 0 aliphatic heterocycles. The van der Waals surface area contributed by atoms with Crippen molar-refractivity contribution < 1.29 is 0 Å². The van der Waals surface area contributed by atoms with Crippen LogP contribution < -0.4 is 10.6 Å². The van der Waals surface area contributed by atoms with Gasteiger partial charge >= 0.3 is 0 Å². The van der Waals surface area contributed by atoms with Crippen LogP contribution in [0, 0.1) is 6.92 Å². The predicted molar refractivity (Wildman–Crippen MR) is 81.9 cm³/mol. The summed E-state index contributed by atoms with van der Waals surface area (Å²) in [7, 11) is 1.86. The Bertz CT molecular complexity index is 535. The molecule has 0 aliphatic carbocycles. The largest absolute Gasteiger partial charge is 0.373 e. The van der Waals surface area contributed by atoms with Crippen LogP contribution in [0.15, 0.2) is 35.5 Å². The Morgan fingerprint density at radius 2 is 1.95 bits per heavy atom. The normalized spacial score (nSPS) is 10.3. The molecule has 0 unspecified atom stereocenters. The number of nitrogens with one attached hydrogen (secondary N) is 2. The van der Waals surface area contributed by atoms with Crippen molar-refractivity contribution in [3.05, 3.63) is 41.5 Å². The zero-order valence-electron chi connectivity index (χ0n) is 11.4. The van der Waals surface area contributed by atoms with E-state index in [0.29, 0.717) is 0 Å². The zero-order chi connectivity index (χ0) is 13.7. The van der Waals surface area contributed by atoms with E-state index in [1.54, 1.807) is 0 Å². The van der Waals surface area contributed by atoms with Gasteiger partial charge in [0.05, 0.1) is 0 Å². The van der Waals surface area contributed by atoms with Crippen LogP contribution in [0.4, 0.5) is 11.6 Å². The average molecular weight is 274 g/mol. The van der Waals surface area contributed by atoms with Gasteiger partial charge in [-0.05, 0) is 18.7 Å². The smallest absolute Gasteiger partial charge is 0.191 e. The SMILES string of the molecule is CNc1cc(NCc2cccc(C)c2)nc(SC)n1. The minimum absolute atomic E-state index is 0.760. The van der Waals surface area contributed by atoms with E-state index in [9.17, 15) is 0 Å². The first-order valence-electron chi connectivity index (χ1n) is 6.11. The number of hydrogen-bond donors (Lipinski definition) is 2. The number of hydrogen-bond acceptors (Lipinski definition) is 5. The number of rotatable bonds is 5. The number of aromatic nitrogens is 2. The van der Waals surface area contributed by atoms with Gasteiger partial charge in [-0.2, -0.15) is 0 Å². The lowest BCUT2D eigenvalue weighted by molar-refractivity contribution is 0.958. The Labute approximate surface area is 118 Å². The van der Waals surface area contributed by atoms with Crippen LogP contribution in [0.25, 0.3) is 0 Å². The predicted octanol–water partition coefficient (Wildman–Crippen LogP) is 3.16. The fourth-order valence-electron chi connectivity index (χ4n) is 1.75. The van der Waals surface area contributed by atoms with Crippen molar-refractivity contribution in [2.45, 2.75) is 18.6 Å². The highest BCUT2D eigenvalue weighted by Gasteiger charge is 2.03. The summed E-state index contributed by atoms with van der Waals surface area (Å²) in [6, 6.07) is 10.4. The first kappa shape index (κ1) is 13.7. The molecule has 19 heavy (non-hydrogen) atoms. The summed E-state index contributed by atoms with van der Waals surface area (Å²) in [5.41, 5.74) is 2.51. The summed E-state index contributed by atoms with van der Waals surface area (Å²) >= 11 is 1.53. The molecular formula is C14H18N4S. The molecule has 0 radical (unpaired) electrons. The van der Waals surface area contributed by atoms with Gasteiger partial charge in [0.1, 0.15) is 11.6 Å². The molecule has 2 N–H and O–H groups in total. The first-order chi connectivity index (χ1) is 9.21. The molecule has 100 valence electrons. The van der Waals surface area contributed by atoms with Crippen molar-refractivity contribution in [2.24, 2.45) is 0 Å². The molecule has 0 saturated carbocycles. The number of thioether (sulfide) groups is 1. The topological polar surface area (TPSA) is 49.8 Å². The molecule has 5 heteroatoms. The second-order valence-corrected chi connectivity index (χ2v) is 4.99. The van der Waals surface area contributed by atoms with Crippen LogP contribution in [0.2, 0.25) is 0 Å². The molecule has 0 atom stereocenters. The number of benzene rings is 1. The number of nitrogens with zero attached hydrogens (tertiary/aromatic N) is 2. The van der Waals surface area contributed by atoms with Crippen LogP contribution in [0.1, 0.15) is 11.1 Å². The van der Waals surface area contributed by atoms with Crippen molar-refractivity contribution in [1.82, 2.24) is 9.97 Å². The summed E-state index contributed by atoms with van der Waals surface area (Å²) < 4.78 is 0.